The third-order valence-corrected chi connectivity index (χ3v) is 6.24. The van der Waals surface area contributed by atoms with Gasteiger partial charge in [0.2, 0.25) is 10.0 Å². The fraction of sp³-hybridized carbons (Fsp3) is 0.350. The summed E-state index contributed by atoms with van der Waals surface area (Å²) < 4.78 is 25.6. The van der Waals surface area contributed by atoms with E-state index in [-0.39, 0.29) is 23.4 Å². The number of rotatable bonds is 8. The molecule has 3 N–H and O–H groups in total. The van der Waals surface area contributed by atoms with E-state index in [1.807, 2.05) is 12.2 Å². The van der Waals surface area contributed by atoms with Gasteiger partial charge in [0.25, 0.3) is 5.91 Å². The Bertz CT molecular complexity index is 878. The number of quaternary nitrogens is 1. The number of carbonyl (C=O) groups excluding carboxylic acids is 1. The first-order chi connectivity index (χ1) is 12.7. The van der Waals surface area contributed by atoms with Gasteiger partial charge in [-0.15, -0.1) is 0 Å². The van der Waals surface area contributed by atoms with Crippen LogP contribution >= 0.6 is 0 Å². The number of nitrogens with one attached hydrogen (secondary N) is 1. The summed E-state index contributed by atoms with van der Waals surface area (Å²) in [6.45, 7) is 4.40. The molecule has 0 fully saturated rings. The zero-order valence-corrected chi connectivity index (χ0v) is 17.1. The van der Waals surface area contributed by atoms with Crippen molar-refractivity contribution in [1.82, 2.24) is 4.31 Å². The molecule has 0 aliphatic heterocycles. The lowest BCUT2D eigenvalue weighted by atomic mass is 10.0. The molecule has 0 spiro atoms. The van der Waals surface area contributed by atoms with Gasteiger partial charge in [0, 0.05) is 31.8 Å². The van der Waals surface area contributed by atoms with Crippen LogP contribution in [0, 0.1) is 6.92 Å². The van der Waals surface area contributed by atoms with Gasteiger partial charge < -0.3 is 10.6 Å². The first-order valence-electron chi connectivity index (χ1n) is 8.96. The minimum Gasteiger partial charge on any atom is -0.332 e. The number of benzene rings is 2. The molecule has 146 valence electrons. The third kappa shape index (κ3) is 5.63. The Kier molecular flexibility index (Phi) is 7.12. The SMILES string of the molecule is CC[C@@H]([NH2+]CC(=O)Nc1cccc(S(=O)(=O)N(C)C)c1)c1ccc(C)cc1. The van der Waals surface area contributed by atoms with E-state index in [4.69, 9.17) is 0 Å². The Morgan fingerprint density at radius 3 is 2.41 bits per heavy atom. The van der Waals surface area contributed by atoms with E-state index in [9.17, 15) is 13.2 Å². The molecular weight excluding hydrogens is 362 g/mol. The summed E-state index contributed by atoms with van der Waals surface area (Å²) in [5.41, 5.74) is 2.87. The maximum atomic E-state index is 12.3. The van der Waals surface area contributed by atoms with E-state index >= 15 is 0 Å². The summed E-state index contributed by atoms with van der Waals surface area (Å²) in [6, 6.07) is 14.8. The van der Waals surface area contributed by atoms with Crippen molar-refractivity contribution >= 4 is 21.6 Å². The molecule has 2 aromatic rings. The van der Waals surface area contributed by atoms with Crippen molar-refractivity contribution in [3.8, 4) is 0 Å². The quantitative estimate of drug-likeness (QED) is 0.722. The highest BCUT2D eigenvalue weighted by atomic mass is 32.2. The molecule has 0 radical (unpaired) electrons. The Labute approximate surface area is 161 Å². The monoisotopic (exact) mass is 390 g/mol. The fourth-order valence-electron chi connectivity index (χ4n) is 2.76. The van der Waals surface area contributed by atoms with Crippen LogP contribution in [-0.4, -0.2) is 39.3 Å². The highest BCUT2D eigenvalue weighted by Gasteiger charge is 2.18. The fourth-order valence-corrected chi connectivity index (χ4v) is 3.71. The minimum atomic E-state index is -3.53. The predicted molar refractivity (Wildman–Crippen MR) is 107 cm³/mol. The summed E-state index contributed by atoms with van der Waals surface area (Å²) in [4.78, 5) is 12.5. The van der Waals surface area contributed by atoms with Crippen LogP contribution in [0.2, 0.25) is 0 Å². The molecule has 0 heterocycles. The van der Waals surface area contributed by atoms with Gasteiger partial charge in [0.05, 0.1) is 4.90 Å². The molecule has 0 aliphatic rings. The topological polar surface area (TPSA) is 83.1 Å². The van der Waals surface area contributed by atoms with Gasteiger partial charge in [0.15, 0.2) is 6.54 Å². The van der Waals surface area contributed by atoms with Gasteiger partial charge in [-0.25, -0.2) is 12.7 Å². The van der Waals surface area contributed by atoms with Crippen LogP contribution in [0.15, 0.2) is 53.4 Å². The Balaban J connectivity index is 2.00. The van der Waals surface area contributed by atoms with Gasteiger partial charge in [-0.2, -0.15) is 0 Å². The van der Waals surface area contributed by atoms with Crippen molar-refractivity contribution < 1.29 is 18.5 Å². The highest BCUT2D eigenvalue weighted by Crippen LogP contribution is 2.18. The maximum Gasteiger partial charge on any atom is 0.279 e. The number of anilines is 1. The summed E-state index contributed by atoms with van der Waals surface area (Å²) in [5, 5.41) is 4.78. The van der Waals surface area contributed by atoms with E-state index in [2.05, 4.69) is 36.5 Å². The first-order valence-corrected chi connectivity index (χ1v) is 10.4. The Morgan fingerprint density at radius 2 is 1.81 bits per heavy atom. The highest BCUT2D eigenvalue weighted by molar-refractivity contribution is 7.89. The lowest BCUT2D eigenvalue weighted by Crippen LogP contribution is -2.87. The number of hydrogen-bond donors (Lipinski definition) is 2. The zero-order valence-electron chi connectivity index (χ0n) is 16.3. The molecule has 0 bridgehead atoms. The standard InChI is InChI=1S/C20H27N3O3S/c1-5-19(16-11-9-15(2)10-12-16)21-14-20(24)22-17-7-6-8-18(13-17)27(25,26)23(3)4/h6-13,19,21H,5,14H2,1-4H3,(H,22,24)/p+1/t19-/m1/s1. The van der Waals surface area contributed by atoms with Gasteiger partial charge in [-0.05, 0) is 25.1 Å². The summed E-state index contributed by atoms with van der Waals surface area (Å²) >= 11 is 0. The van der Waals surface area contributed by atoms with Crippen LogP contribution in [0.1, 0.15) is 30.5 Å². The Morgan fingerprint density at radius 1 is 1.15 bits per heavy atom. The Hall–Kier alpha value is -2.22. The van der Waals surface area contributed by atoms with Gasteiger partial charge in [-0.1, -0.05) is 42.8 Å². The number of nitrogens with two attached hydrogens (primary N) is 1. The van der Waals surface area contributed by atoms with Crippen LogP contribution in [0.3, 0.4) is 0 Å². The molecule has 6 nitrogen and oxygen atoms in total. The van der Waals surface area contributed by atoms with Crippen LogP contribution in [0.4, 0.5) is 5.69 Å². The normalized spacial score (nSPS) is 12.8. The molecule has 2 rings (SSSR count). The zero-order chi connectivity index (χ0) is 20.0. The molecule has 1 atom stereocenters. The molecule has 0 saturated carbocycles. The smallest absolute Gasteiger partial charge is 0.279 e. The lowest BCUT2D eigenvalue weighted by molar-refractivity contribution is -0.686. The number of sulfonamides is 1. The van der Waals surface area contributed by atoms with Crippen LogP contribution in [0.5, 0.6) is 0 Å². The number of amides is 1. The van der Waals surface area contributed by atoms with E-state index in [1.165, 1.54) is 37.4 Å². The second kappa shape index (κ2) is 9.12. The summed E-state index contributed by atoms with van der Waals surface area (Å²) in [6.07, 6.45) is 0.910. The molecule has 0 aliphatic carbocycles. The van der Waals surface area contributed by atoms with Gasteiger partial charge >= 0.3 is 0 Å². The number of nitrogens with zero attached hydrogens (tertiary/aromatic N) is 1. The van der Waals surface area contributed by atoms with Crippen molar-refractivity contribution in [2.75, 3.05) is 26.0 Å². The maximum absolute atomic E-state index is 12.3. The molecular formula is C20H28N3O3S+. The van der Waals surface area contributed by atoms with E-state index in [0.29, 0.717) is 5.69 Å². The molecule has 2 aromatic carbocycles. The van der Waals surface area contributed by atoms with Crippen LogP contribution in [0.25, 0.3) is 0 Å². The van der Waals surface area contributed by atoms with Crippen molar-refractivity contribution in [2.24, 2.45) is 0 Å². The lowest BCUT2D eigenvalue weighted by Gasteiger charge is -2.15. The van der Waals surface area contributed by atoms with Crippen LogP contribution in [-0.2, 0) is 14.8 Å². The number of aryl methyl sites for hydroxylation is 1. The average molecular weight is 391 g/mol. The summed E-state index contributed by atoms with van der Waals surface area (Å²) in [5.74, 6) is -0.167. The molecule has 27 heavy (non-hydrogen) atoms. The summed E-state index contributed by atoms with van der Waals surface area (Å²) in [7, 11) is -0.575. The minimum absolute atomic E-state index is 0.153. The van der Waals surface area contributed by atoms with Crippen molar-refractivity contribution in [3.63, 3.8) is 0 Å². The molecule has 0 aromatic heterocycles. The van der Waals surface area contributed by atoms with Crippen molar-refractivity contribution in [2.45, 2.75) is 31.2 Å². The van der Waals surface area contributed by atoms with Crippen molar-refractivity contribution in [1.29, 1.82) is 0 Å². The third-order valence-electron chi connectivity index (χ3n) is 4.43. The second-order valence-corrected chi connectivity index (χ2v) is 8.88. The van der Waals surface area contributed by atoms with Crippen LogP contribution < -0.4 is 10.6 Å². The van der Waals surface area contributed by atoms with Crippen molar-refractivity contribution in [3.05, 3.63) is 59.7 Å². The second-order valence-electron chi connectivity index (χ2n) is 6.73. The largest absolute Gasteiger partial charge is 0.332 e. The number of hydrogen-bond acceptors (Lipinski definition) is 3. The number of carbonyl (C=O) groups is 1. The van der Waals surface area contributed by atoms with Gasteiger partial charge in [-0.3, -0.25) is 4.79 Å². The van der Waals surface area contributed by atoms with E-state index in [1.54, 1.807) is 12.1 Å². The van der Waals surface area contributed by atoms with E-state index in [0.717, 1.165) is 10.7 Å². The van der Waals surface area contributed by atoms with E-state index < -0.39 is 10.0 Å². The molecule has 7 heteroatoms. The first kappa shape index (κ1) is 21.1. The predicted octanol–water partition coefficient (Wildman–Crippen LogP) is 1.90. The van der Waals surface area contributed by atoms with Gasteiger partial charge in [0.1, 0.15) is 6.04 Å². The molecule has 1 amide bonds. The molecule has 0 unspecified atom stereocenters. The average Bonchev–Trinajstić information content (AvgIpc) is 2.63. The molecule has 0 saturated heterocycles.